The van der Waals surface area contributed by atoms with Crippen molar-refractivity contribution in [2.45, 2.75) is 25.4 Å². The molecular weight excluding hydrogens is 395 g/mol. The van der Waals surface area contributed by atoms with E-state index in [-0.39, 0.29) is 17.8 Å². The van der Waals surface area contributed by atoms with Crippen LogP contribution in [-0.2, 0) is 16.9 Å². The number of amides is 3. The summed E-state index contributed by atoms with van der Waals surface area (Å²) < 4.78 is 40.5. The number of urea groups is 1. The van der Waals surface area contributed by atoms with Crippen molar-refractivity contribution >= 4 is 17.6 Å². The zero-order valence-corrected chi connectivity index (χ0v) is 14.9. The van der Waals surface area contributed by atoms with Crippen LogP contribution in [0.5, 0.6) is 5.75 Å². The van der Waals surface area contributed by atoms with Gasteiger partial charge in [0.05, 0.1) is 11.5 Å². The minimum Gasteiger partial charge on any atom is -0.406 e. The Bertz CT molecular complexity index is 977. The molecule has 3 rings (SSSR count). The van der Waals surface area contributed by atoms with Gasteiger partial charge in [-0.25, -0.2) is 4.79 Å². The summed E-state index contributed by atoms with van der Waals surface area (Å²) >= 11 is 0. The first-order chi connectivity index (χ1) is 13.5. The number of carbonyl (C=O) groups excluding carboxylic acids is 2. The van der Waals surface area contributed by atoms with E-state index in [0.29, 0.717) is 5.56 Å². The summed E-state index contributed by atoms with van der Waals surface area (Å²) in [6.45, 7) is 1.23. The van der Waals surface area contributed by atoms with Gasteiger partial charge < -0.3 is 10.1 Å². The first-order valence-electron chi connectivity index (χ1n) is 8.23. The number of imide groups is 1. The van der Waals surface area contributed by atoms with Crippen LogP contribution in [0.1, 0.15) is 18.1 Å². The van der Waals surface area contributed by atoms with E-state index < -0.39 is 34.5 Å². The molecule has 0 aromatic heterocycles. The normalized spacial score (nSPS) is 19.2. The molecule has 1 fully saturated rings. The molecule has 11 heteroatoms. The fourth-order valence-corrected chi connectivity index (χ4v) is 2.95. The van der Waals surface area contributed by atoms with Gasteiger partial charge in [0.15, 0.2) is 0 Å². The molecule has 152 valence electrons. The van der Waals surface area contributed by atoms with Crippen LogP contribution in [0.25, 0.3) is 0 Å². The lowest BCUT2D eigenvalue weighted by Gasteiger charge is -2.22. The van der Waals surface area contributed by atoms with Gasteiger partial charge in [-0.3, -0.25) is 19.8 Å². The van der Waals surface area contributed by atoms with Gasteiger partial charge in [-0.15, -0.1) is 13.2 Å². The van der Waals surface area contributed by atoms with E-state index in [9.17, 15) is 32.9 Å². The van der Waals surface area contributed by atoms with Gasteiger partial charge in [0.25, 0.3) is 11.6 Å². The van der Waals surface area contributed by atoms with Gasteiger partial charge in [-0.1, -0.05) is 24.3 Å². The van der Waals surface area contributed by atoms with E-state index in [4.69, 9.17) is 0 Å². The molecule has 1 unspecified atom stereocenters. The van der Waals surface area contributed by atoms with E-state index >= 15 is 0 Å². The molecule has 1 aliphatic heterocycles. The number of nitrogens with one attached hydrogen (secondary N) is 1. The number of alkyl halides is 3. The molecule has 2 aromatic rings. The van der Waals surface area contributed by atoms with E-state index in [1.807, 2.05) is 0 Å². The average Bonchev–Trinajstić information content (AvgIpc) is 2.86. The van der Waals surface area contributed by atoms with Crippen molar-refractivity contribution in [3.63, 3.8) is 0 Å². The number of carbonyl (C=O) groups is 2. The summed E-state index contributed by atoms with van der Waals surface area (Å²) in [5, 5.41) is 13.5. The maximum absolute atomic E-state index is 12.9. The highest BCUT2D eigenvalue weighted by molar-refractivity contribution is 6.07. The third-order valence-corrected chi connectivity index (χ3v) is 4.41. The number of nitro benzene ring substituents is 1. The van der Waals surface area contributed by atoms with Crippen LogP contribution in [0, 0.1) is 10.1 Å². The quantitative estimate of drug-likeness (QED) is 0.463. The molecule has 8 nitrogen and oxygen atoms in total. The second-order valence-corrected chi connectivity index (χ2v) is 6.45. The Balaban J connectivity index is 1.80. The highest BCUT2D eigenvalue weighted by Gasteiger charge is 2.49. The van der Waals surface area contributed by atoms with Gasteiger partial charge >= 0.3 is 12.4 Å². The topological polar surface area (TPSA) is 102 Å². The Morgan fingerprint density at radius 1 is 1.17 bits per heavy atom. The molecule has 0 aliphatic carbocycles. The number of ether oxygens (including phenoxy) is 1. The number of hydrogen-bond donors (Lipinski definition) is 1. The monoisotopic (exact) mass is 409 g/mol. The summed E-state index contributed by atoms with van der Waals surface area (Å²) in [6, 6.07) is 9.36. The lowest BCUT2D eigenvalue weighted by atomic mass is 9.91. The van der Waals surface area contributed by atoms with Gasteiger partial charge in [0.1, 0.15) is 11.3 Å². The van der Waals surface area contributed by atoms with Gasteiger partial charge in [-0.2, -0.15) is 0 Å². The van der Waals surface area contributed by atoms with E-state index in [0.717, 1.165) is 17.0 Å². The van der Waals surface area contributed by atoms with Crippen molar-refractivity contribution in [3.05, 3.63) is 69.8 Å². The van der Waals surface area contributed by atoms with Crippen LogP contribution >= 0.6 is 0 Å². The number of nitro groups is 1. The molecule has 0 saturated carbocycles. The summed E-state index contributed by atoms with van der Waals surface area (Å²) in [5.74, 6) is -1.07. The molecule has 1 saturated heterocycles. The summed E-state index contributed by atoms with van der Waals surface area (Å²) in [4.78, 5) is 36.5. The number of hydrogen-bond acceptors (Lipinski definition) is 5. The molecular formula is C18H14F3N3O5. The number of benzene rings is 2. The largest absolute Gasteiger partial charge is 0.573 e. The van der Waals surface area contributed by atoms with Crippen LogP contribution in [0.2, 0.25) is 0 Å². The molecule has 1 aliphatic rings. The smallest absolute Gasteiger partial charge is 0.406 e. The second kappa shape index (κ2) is 7.08. The van der Waals surface area contributed by atoms with Gasteiger partial charge in [0.2, 0.25) is 0 Å². The first-order valence-corrected chi connectivity index (χ1v) is 8.23. The number of nitrogens with zero attached hydrogens (tertiary/aromatic N) is 2. The Morgan fingerprint density at radius 2 is 1.83 bits per heavy atom. The van der Waals surface area contributed by atoms with E-state index in [1.165, 1.54) is 43.3 Å². The van der Waals surface area contributed by atoms with Crippen molar-refractivity contribution < 1.29 is 32.4 Å². The van der Waals surface area contributed by atoms with Crippen molar-refractivity contribution in [1.82, 2.24) is 10.2 Å². The van der Waals surface area contributed by atoms with Crippen molar-refractivity contribution in [1.29, 1.82) is 0 Å². The lowest BCUT2D eigenvalue weighted by molar-refractivity contribution is -0.385. The van der Waals surface area contributed by atoms with E-state index in [2.05, 4.69) is 10.1 Å². The number of rotatable bonds is 5. The third-order valence-electron chi connectivity index (χ3n) is 4.41. The summed E-state index contributed by atoms with van der Waals surface area (Å²) in [7, 11) is 0. The van der Waals surface area contributed by atoms with Crippen LogP contribution in [0.3, 0.4) is 0 Å². The summed E-state index contributed by atoms with van der Waals surface area (Å²) in [6.07, 6.45) is -4.83. The highest BCUT2D eigenvalue weighted by atomic mass is 19.4. The molecule has 0 bridgehead atoms. The van der Waals surface area contributed by atoms with Crippen LogP contribution < -0.4 is 10.1 Å². The van der Waals surface area contributed by atoms with Crippen LogP contribution in [-0.4, -0.2) is 28.1 Å². The molecule has 29 heavy (non-hydrogen) atoms. The predicted molar refractivity (Wildman–Crippen MR) is 92.7 cm³/mol. The van der Waals surface area contributed by atoms with Crippen molar-refractivity contribution in [2.75, 3.05) is 0 Å². The second-order valence-electron chi connectivity index (χ2n) is 6.45. The molecule has 0 spiro atoms. The number of halogens is 3. The van der Waals surface area contributed by atoms with Crippen molar-refractivity contribution in [3.8, 4) is 5.75 Å². The molecule has 1 N–H and O–H groups in total. The zero-order chi connectivity index (χ0) is 21.4. The zero-order valence-electron chi connectivity index (χ0n) is 14.9. The van der Waals surface area contributed by atoms with Crippen LogP contribution in [0.15, 0.2) is 48.5 Å². The third kappa shape index (κ3) is 4.13. The predicted octanol–water partition coefficient (Wildman–Crippen LogP) is 3.46. The Hall–Kier alpha value is -3.63. The maximum atomic E-state index is 12.9. The fourth-order valence-electron chi connectivity index (χ4n) is 2.95. The van der Waals surface area contributed by atoms with Crippen molar-refractivity contribution in [2.24, 2.45) is 0 Å². The molecule has 0 radical (unpaired) electrons. The number of non-ortho nitro benzene ring substituents is 1. The average molecular weight is 409 g/mol. The minimum absolute atomic E-state index is 0.193. The Labute approximate surface area is 162 Å². The molecule has 1 heterocycles. The molecule has 1 atom stereocenters. The fraction of sp³-hybridized carbons (Fsp3) is 0.222. The van der Waals surface area contributed by atoms with Crippen LogP contribution in [0.4, 0.5) is 23.7 Å². The maximum Gasteiger partial charge on any atom is 0.573 e. The highest BCUT2D eigenvalue weighted by Crippen LogP contribution is 2.32. The summed E-state index contributed by atoms with van der Waals surface area (Å²) in [5.41, 5.74) is -1.11. The Kier molecular flexibility index (Phi) is 4.91. The Morgan fingerprint density at radius 3 is 2.41 bits per heavy atom. The standard InChI is InChI=1S/C18H14F3N3O5/c1-17(12-3-2-4-13(9-12)24(27)28)15(25)23(16(26)22-17)10-11-5-7-14(8-6-11)29-18(19,20)21/h2-9H,10H2,1H3,(H,22,26). The first kappa shape index (κ1) is 20.1. The minimum atomic E-state index is -4.83. The molecule has 2 aromatic carbocycles. The lowest BCUT2D eigenvalue weighted by Crippen LogP contribution is -2.40. The SMILES string of the molecule is CC1(c2cccc([N+](=O)[O-])c2)NC(=O)N(Cc2ccc(OC(F)(F)F)cc2)C1=O. The van der Waals surface area contributed by atoms with Gasteiger partial charge in [0, 0.05) is 12.1 Å². The van der Waals surface area contributed by atoms with Gasteiger partial charge in [-0.05, 0) is 30.2 Å². The molecule has 3 amide bonds. The van der Waals surface area contributed by atoms with E-state index in [1.54, 1.807) is 0 Å².